The monoisotopic (exact) mass is 1050 g/mol. The first-order valence-electron chi connectivity index (χ1n) is 29.8. The van der Waals surface area contributed by atoms with Crippen LogP contribution < -0.4 is 5.32 Å². The zero-order valence-electron chi connectivity index (χ0n) is 45.9. The number of nitrogens with one attached hydrogen (secondary N) is 1. The minimum absolute atomic E-state index is 0.261. The van der Waals surface area contributed by atoms with Gasteiger partial charge in [-0.25, -0.2) is 4.18 Å². The van der Waals surface area contributed by atoms with E-state index < -0.39 is 78.5 Å². The SMILES string of the molecule is CCCCCCCCCCCCCCCCC/C=C\C/C=C\CCCCCCCCCCCCCCCCCCC(O)C(=O)NC(COC1OC(CO)C(O)C(OS(=O)(=O)O)C1O)C(O)CCCCCCC. The molecule has 1 fully saturated rings. The number of hydrogen-bond acceptors (Lipinski definition) is 11. The summed E-state index contributed by atoms with van der Waals surface area (Å²) >= 11 is 0. The quantitative estimate of drug-likeness (QED) is 0.0172. The molecule has 8 unspecified atom stereocenters. The molecule has 7 N–H and O–H groups in total. The first-order valence-corrected chi connectivity index (χ1v) is 31.2. The van der Waals surface area contributed by atoms with Gasteiger partial charge in [-0.05, 0) is 44.9 Å². The van der Waals surface area contributed by atoms with Crippen molar-refractivity contribution in [2.75, 3.05) is 13.2 Å². The zero-order valence-corrected chi connectivity index (χ0v) is 46.7. The van der Waals surface area contributed by atoms with Gasteiger partial charge in [-0.1, -0.05) is 256 Å². The molecule has 426 valence electrons. The molecule has 0 spiro atoms. The molecule has 1 heterocycles. The molecule has 0 aromatic rings. The maximum Gasteiger partial charge on any atom is 0.397 e. The van der Waals surface area contributed by atoms with E-state index in [9.17, 15) is 38.7 Å². The van der Waals surface area contributed by atoms with E-state index in [-0.39, 0.29) is 6.42 Å². The molecule has 13 nitrogen and oxygen atoms in total. The van der Waals surface area contributed by atoms with Gasteiger partial charge < -0.3 is 40.3 Å². The summed E-state index contributed by atoms with van der Waals surface area (Å²) in [6.07, 6.45) is 47.8. The zero-order chi connectivity index (χ0) is 52.8. The van der Waals surface area contributed by atoms with E-state index in [1.165, 1.54) is 186 Å². The third-order valence-corrected chi connectivity index (χ3v) is 14.8. The number of carbonyl (C=O) groups excluding carboxylic acids is 1. The van der Waals surface area contributed by atoms with Crippen LogP contribution in [0.2, 0.25) is 0 Å². The molecular weight excluding hydrogens is 935 g/mol. The number of ether oxygens (including phenoxy) is 2. The van der Waals surface area contributed by atoms with Crippen molar-refractivity contribution in [2.45, 2.75) is 326 Å². The number of aliphatic hydroxyl groups excluding tert-OH is 5. The van der Waals surface area contributed by atoms with Crippen LogP contribution in [0.15, 0.2) is 24.3 Å². The lowest BCUT2D eigenvalue weighted by molar-refractivity contribution is -0.298. The summed E-state index contributed by atoms with van der Waals surface area (Å²) in [5.74, 6) is -0.674. The van der Waals surface area contributed by atoms with Crippen LogP contribution in [-0.4, -0.2) is 107 Å². The van der Waals surface area contributed by atoms with E-state index in [2.05, 4.69) is 47.7 Å². The van der Waals surface area contributed by atoms with E-state index in [1.807, 2.05) is 0 Å². The number of hydrogen-bond donors (Lipinski definition) is 7. The van der Waals surface area contributed by atoms with E-state index >= 15 is 0 Å². The fraction of sp³-hybridized carbons (Fsp3) is 0.914. The van der Waals surface area contributed by atoms with Gasteiger partial charge in [-0.2, -0.15) is 8.42 Å². The maximum atomic E-state index is 13.1. The van der Waals surface area contributed by atoms with E-state index in [0.29, 0.717) is 19.3 Å². The molecule has 1 aliphatic rings. The van der Waals surface area contributed by atoms with Crippen molar-refractivity contribution in [1.29, 1.82) is 0 Å². The Hall–Kier alpha value is -1.46. The Morgan fingerprint density at radius 1 is 0.556 bits per heavy atom. The average molecular weight is 1050 g/mol. The molecule has 14 heteroatoms. The van der Waals surface area contributed by atoms with Gasteiger partial charge in [-0.3, -0.25) is 9.35 Å². The topological polar surface area (TPSA) is 212 Å². The number of allylic oxidation sites excluding steroid dienone is 4. The van der Waals surface area contributed by atoms with Gasteiger partial charge in [-0.15, -0.1) is 0 Å². The Morgan fingerprint density at radius 2 is 0.931 bits per heavy atom. The minimum atomic E-state index is -5.10. The van der Waals surface area contributed by atoms with Crippen molar-refractivity contribution < 1.29 is 57.0 Å². The van der Waals surface area contributed by atoms with Crippen LogP contribution in [0.25, 0.3) is 0 Å². The van der Waals surface area contributed by atoms with Crippen LogP contribution in [0.5, 0.6) is 0 Å². The van der Waals surface area contributed by atoms with Crippen LogP contribution in [0.3, 0.4) is 0 Å². The maximum absolute atomic E-state index is 13.1. The van der Waals surface area contributed by atoms with Gasteiger partial charge in [0.1, 0.15) is 30.5 Å². The highest BCUT2D eigenvalue weighted by molar-refractivity contribution is 7.80. The molecule has 0 saturated carbocycles. The second kappa shape index (κ2) is 48.0. The highest BCUT2D eigenvalue weighted by atomic mass is 32.3. The summed E-state index contributed by atoms with van der Waals surface area (Å²) in [4.78, 5) is 13.1. The normalized spacial score (nSPS) is 19.9. The van der Waals surface area contributed by atoms with Gasteiger partial charge >= 0.3 is 10.4 Å². The van der Waals surface area contributed by atoms with Crippen molar-refractivity contribution in [3.05, 3.63) is 24.3 Å². The molecule has 72 heavy (non-hydrogen) atoms. The summed E-state index contributed by atoms with van der Waals surface area (Å²) < 4.78 is 47.4. The first kappa shape index (κ1) is 68.6. The van der Waals surface area contributed by atoms with Crippen LogP contribution in [-0.2, 0) is 28.9 Å². The molecule has 8 atom stereocenters. The van der Waals surface area contributed by atoms with E-state index in [0.717, 1.165) is 51.4 Å². The van der Waals surface area contributed by atoms with Crippen molar-refractivity contribution in [3.8, 4) is 0 Å². The van der Waals surface area contributed by atoms with Crippen LogP contribution in [0, 0.1) is 0 Å². The molecule has 0 bridgehead atoms. The minimum Gasteiger partial charge on any atom is -0.394 e. The predicted octanol–water partition coefficient (Wildman–Crippen LogP) is 13.0. The average Bonchev–Trinajstić information content (AvgIpc) is 3.36. The fourth-order valence-corrected chi connectivity index (χ4v) is 10.2. The Morgan fingerprint density at radius 3 is 1.32 bits per heavy atom. The largest absolute Gasteiger partial charge is 0.397 e. The number of aliphatic hydroxyl groups is 5. The Balaban J connectivity index is 2.07. The summed E-state index contributed by atoms with van der Waals surface area (Å²) in [5, 5.41) is 55.1. The molecular formula is C58H111NO12S. The third-order valence-electron chi connectivity index (χ3n) is 14.4. The Labute approximate surface area is 440 Å². The molecule has 0 aromatic carbocycles. The van der Waals surface area contributed by atoms with Crippen LogP contribution in [0.1, 0.15) is 277 Å². The van der Waals surface area contributed by atoms with E-state index in [4.69, 9.17) is 14.0 Å². The molecule has 0 aliphatic carbocycles. The second-order valence-electron chi connectivity index (χ2n) is 21.1. The van der Waals surface area contributed by atoms with Crippen molar-refractivity contribution in [3.63, 3.8) is 0 Å². The predicted molar refractivity (Wildman–Crippen MR) is 293 cm³/mol. The van der Waals surface area contributed by atoms with Gasteiger partial charge in [0.25, 0.3) is 0 Å². The van der Waals surface area contributed by atoms with Gasteiger partial charge in [0, 0.05) is 0 Å². The number of amides is 1. The number of rotatable bonds is 52. The highest BCUT2D eigenvalue weighted by Gasteiger charge is 2.48. The van der Waals surface area contributed by atoms with Crippen molar-refractivity contribution in [2.24, 2.45) is 0 Å². The Bertz CT molecular complexity index is 1380. The number of carbonyl (C=O) groups is 1. The summed E-state index contributed by atoms with van der Waals surface area (Å²) in [7, 11) is -5.10. The third kappa shape index (κ3) is 39.0. The van der Waals surface area contributed by atoms with E-state index in [1.54, 1.807) is 0 Å². The Kier molecular flexibility index (Phi) is 45.7. The molecule has 0 radical (unpaired) electrons. The highest BCUT2D eigenvalue weighted by Crippen LogP contribution is 2.26. The van der Waals surface area contributed by atoms with Gasteiger partial charge in [0.15, 0.2) is 6.29 Å². The lowest BCUT2D eigenvalue weighted by Gasteiger charge is -2.41. The summed E-state index contributed by atoms with van der Waals surface area (Å²) in [6, 6.07) is -1.03. The summed E-state index contributed by atoms with van der Waals surface area (Å²) in [5.41, 5.74) is 0. The van der Waals surface area contributed by atoms with Gasteiger partial charge in [0.2, 0.25) is 5.91 Å². The van der Waals surface area contributed by atoms with Crippen molar-refractivity contribution in [1.82, 2.24) is 5.32 Å². The number of unbranched alkanes of at least 4 members (excludes halogenated alkanes) is 35. The molecule has 0 aromatic heterocycles. The fourth-order valence-electron chi connectivity index (χ4n) is 9.68. The lowest BCUT2D eigenvalue weighted by atomic mass is 9.99. The molecule has 1 aliphatic heterocycles. The van der Waals surface area contributed by atoms with Gasteiger partial charge in [0.05, 0.1) is 25.4 Å². The van der Waals surface area contributed by atoms with Crippen molar-refractivity contribution >= 4 is 16.3 Å². The lowest BCUT2D eigenvalue weighted by Crippen LogP contribution is -2.61. The van der Waals surface area contributed by atoms with Crippen LogP contribution in [0.4, 0.5) is 0 Å². The standard InChI is InChI=1S/C58H111NO12S/c1-3-5-7-9-10-11-12-13-14-15-16-17-18-19-20-21-22-23-24-25-26-27-28-29-30-31-32-33-34-35-36-37-38-39-40-41-43-45-47-52(62)57(65)59-50(51(61)46-44-42-8-6-4-2)49-69-58-55(64)56(71-72(66,67)68)54(63)53(48-60)70-58/h22-23,25-26,50-56,58,60-64H,3-21,24,27-49H2,1-2H3,(H,59,65)(H,66,67,68)/b23-22-,26-25-. The smallest absolute Gasteiger partial charge is 0.394 e. The first-order chi connectivity index (χ1) is 34.9. The molecule has 1 saturated heterocycles. The molecule has 1 amide bonds. The molecule has 1 rings (SSSR count). The summed E-state index contributed by atoms with van der Waals surface area (Å²) in [6.45, 7) is 3.19. The second-order valence-corrected chi connectivity index (χ2v) is 22.1. The van der Waals surface area contributed by atoms with Crippen LogP contribution >= 0.6 is 0 Å².